The molecular formula is C32H46FN3O9. The number of hydrogen-bond acceptors (Lipinski definition) is 10. The van der Waals surface area contributed by atoms with Crippen LogP contribution in [0.3, 0.4) is 0 Å². The number of ether oxygens (including phenoxy) is 5. The molecule has 0 N–H and O–H groups in total. The molecule has 0 aromatic heterocycles. The van der Waals surface area contributed by atoms with Gasteiger partial charge in [0.2, 0.25) is 0 Å². The molecule has 1 heterocycles. The van der Waals surface area contributed by atoms with Gasteiger partial charge >= 0.3 is 30.4 Å². The van der Waals surface area contributed by atoms with Crippen LogP contribution in [0.25, 0.3) is 0 Å². The smallest absolute Gasteiger partial charge is 0.428 e. The molecule has 1 atom stereocenters. The van der Waals surface area contributed by atoms with E-state index in [0.29, 0.717) is 9.80 Å². The van der Waals surface area contributed by atoms with Gasteiger partial charge in [-0.25, -0.2) is 28.6 Å². The summed E-state index contributed by atoms with van der Waals surface area (Å²) in [6.45, 7) is 22.4. The van der Waals surface area contributed by atoms with E-state index in [4.69, 9.17) is 23.7 Å². The molecule has 1 aromatic carbocycles. The van der Waals surface area contributed by atoms with E-state index in [0.717, 1.165) is 6.07 Å². The van der Waals surface area contributed by atoms with Gasteiger partial charge in [0.1, 0.15) is 39.5 Å². The van der Waals surface area contributed by atoms with E-state index in [9.17, 15) is 19.2 Å². The molecule has 13 heteroatoms. The van der Waals surface area contributed by atoms with E-state index >= 15 is 4.39 Å². The predicted molar refractivity (Wildman–Crippen MR) is 165 cm³/mol. The summed E-state index contributed by atoms with van der Waals surface area (Å²) in [6, 6.07) is 2.95. The summed E-state index contributed by atoms with van der Waals surface area (Å²) in [7, 11) is 0. The van der Waals surface area contributed by atoms with Gasteiger partial charge in [0.05, 0.1) is 5.69 Å². The highest BCUT2D eigenvalue weighted by atomic mass is 19.1. The number of carbonyl (C=O) groups is 4. The fourth-order valence-electron chi connectivity index (χ4n) is 3.84. The van der Waals surface area contributed by atoms with Gasteiger partial charge in [-0.3, -0.25) is 0 Å². The minimum Gasteiger partial charge on any atom is -0.443 e. The summed E-state index contributed by atoms with van der Waals surface area (Å²) in [5.41, 5.74) is -5.81. The number of anilines is 1. The van der Waals surface area contributed by atoms with Crippen LogP contribution in [0.2, 0.25) is 0 Å². The third-order valence-electron chi connectivity index (χ3n) is 5.31. The molecule has 4 amide bonds. The maximum Gasteiger partial charge on any atom is 0.428 e. The Morgan fingerprint density at radius 2 is 1.09 bits per heavy atom. The number of amidine groups is 1. The molecule has 45 heavy (non-hydrogen) atoms. The molecular weight excluding hydrogens is 589 g/mol. The molecule has 1 aliphatic heterocycles. The number of halogens is 1. The number of allylic oxidation sites excluding steroid dienone is 1. The van der Waals surface area contributed by atoms with E-state index in [2.05, 4.69) is 4.99 Å². The Morgan fingerprint density at radius 3 is 1.47 bits per heavy atom. The number of nitrogens with zero attached hydrogens (tertiary/aromatic N) is 3. The molecule has 250 valence electrons. The van der Waals surface area contributed by atoms with E-state index < -0.39 is 64.2 Å². The summed E-state index contributed by atoms with van der Waals surface area (Å²) in [6.07, 6.45) is -2.93. The highest BCUT2D eigenvalue weighted by Crippen LogP contribution is 2.37. The lowest BCUT2D eigenvalue weighted by molar-refractivity contribution is 0.0106. The minimum absolute atomic E-state index is 0.0819. The maximum atomic E-state index is 15.6. The van der Waals surface area contributed by atoms with Gasteiger partial charge < -0.3 is 23.7 Å². The molecule has 2 rings (SSSR count). The first kappa shape index (κ1) is 37.0. The van der Waals surface area contributed by atoms with Crippen molar-refractivity contribution in [3.8, 4) is 0 Å². The molecule has 0 saturated heterocycles. The second-order valence-electron chi connectivity index (χ2n) is 14.7. The summed E-state index contributed by atoms with van der Waals surface area (Å²) in [5.74, 6) is -0.620. The Labute approximate surface area is 264 Å². The third kappa shape index (κ3) is 10.8. The van der Waals surface area contributed by atoms with E-state index in [1.807, 2.05) is 0 Å². The van der Waals surface area contributed by atoms with Crippen LogP contribution in [-0.4, -0.2) is 57.7 Å². The van der Waals surface area contributed by atoms with Crippen molar-refractivity contribution in [1.29, 1.82) is 0 Å². The van der Waals surface area contributed by atoms with Crippen LogP contribution in [0.15, 0.2) is 35.0 Å². The number of carbonyl (C=O) groups excluding carboxylic acids is 4. The first-order valence-electron chi connectivity index (χ1n) is 14.4. The average molecular weight is 636 g/mol. The summed E-state index contributed by atoms with van der Waals surface area (Å²) in [5, 5.41) is 0. The Bertz CT molecular complexity index is 1340. The number of aliphatic imine (C=N–C) groups is 1. The van der Waals surface area contributed by atoms with E-state index in [-0.39, 0.29) is 17.0 Å². The van der Waals surface area contributed by atoms with Gasteiger partial charge in [-0.15, -0.1) is 4.90 Å². The monoisotopic (exact) mass is 635 g/mol. The standard InChI is InChI=1S/C32H46FN3O9/c1-19-18-32(14,34-23(41-19)36(26(39)44-30(8,9)10)27(40)45-31(11,12)13)21-17-20(15-16-22(21)33)35(24(37)42-28(2,3)4)25(38)43-29(5,6)7/h15-18H,1-14H3/t32-/m0/s1. The maximum absolute atomic E-state index is 15.6. The summed E-state index contributed by atoms with van der Waals surface area (Å²) >= 11 is 0. The van der Waals surface area contributed by atoms with Crippen molar-refractivity contribution in [3.05, 3.63) is 41.4 Å². The molecule has 0 aliphatic carbocycles. The summed E-state index contributed by atoms with van der Waals surface area (Å²) in [4.78, 5) is 58.6. The SMILES string of the molecule is CC1=C[C@@](C)(c2cc(N(C(=O)OC(C)(C)C)C(=O)OC(C)(C)C)ccc2F)N=C(N(C(=O)OC(C)(C)C)C(=O)OC(C)(C)C)O1. The number of rotatable bonds is 2. The fraction of sp³-hybridized carbons (Fsp3) is 0.594. The van der Waals surface area contributed by atoms with Gasteiger partial charge in [0.25, 0.3) is 0 Å². The first-order chi connectivity index (χ1) is 20.1. The van der Waals surface area contributed by atoms with Crippen LogP contribution in [-0.2, 0) is 29.2 Å². The van der Waals surface area contributed by atoms with Gasteiger partial charge in [-0.1, -0.05) is 0 Å². The van der Waals surface area contributed by atoms with Crippen molar-refractivity contribution in [3.63, 3.8) is 0 Å². The molecule has 12 nitrogen and oxygen atoms in total. The first-order valence-corrected chi connectivity index (χ1v) is 14.4. The highest BCUT2D eigenvalue weighted by molar-refractivity contribution is 6.09. The number of hydrogen-bond donors (Lipinski definition) is 0. The normalized spacial score (nSPS) is 17.2. The lowest BCUT2D eigenvalue weighted by atomic mass is 9.90. The number of benzene rings is 1. The zero-order valence-electron chi connectivity index (χ0n) is 28.7. The predicted octanol–water partition coefficient (Wildman–Crippen LogP) is 8.18. The molecule has 0 bridgehead atoms. The average Bonchev–Trinajstić information content (AvgIpc) is 2.74. The molecule has 0 fully saturated rings. The second kappa shape index (κ2) is 12.7. The third-order valence-corrected chi connectivity index (χ3v) is 5.31. The molecule has 0 spiro atoms. The number of imide groups is 2. The molecule has 0 unspecified atom stereocenters. The summed E-state index contributed by atoms with van der Waals surface area (Å²) < 4.78 is 43.1. The second-order valence-corrected chi connectivity index (χ2v) is 14.7. The topological polar surface area (TPSA) is 133 Å². The van der Waals surface area contributed by atoms with Gasteiger partial charge in [0.15, 0.2) is 0 Å². The molecule has 1 aliphatic rings. The Kier molecular flexibility index (Phi) is 10.4. The van der Waals surface area contributed by atoms with Crippen molar-refractivity contribution < 1.29 is 47.3 Å². The van der Waals surface area contributed by atoms with Crippen LogP contribution in [0, 0.1) is 5.82 Å². The van der Waals surface area contributed by atoms with E-state index in [1.165, 1.54) is 32.1 Å². The van der Waals surface area contributed by atoms with Crippen molar-refractivity contribution in [2.45, 2.75) is 125 Å². The largest absolute Gasteiger partial charge is 0.443 e. The van der Waals surface area contributed by atoms with Crippen molar-refractivity contribution in [2.24, 2.45) is 4.99 Å². The molecule has 1 aromatic rings. The van der Waals surface area contributed by atoms with Gasteiger partial charge in [-0.05, 0) is 121 Å². The van der Waals surface area contributed by atoms with Gasteiger partial charge in [-0.2, -0.15) is 4.90 Å². The minimum atomic E-state index is -1.63. The zero-order valence-corrected chi connectivity index (χ0v) is 28.7. The van der Waals surface area contributed by atoms with Crippen LogP contribution < -0.4 is 4.90 Å². The van der Waals surface area contributed by atoms with Crippen molar-refractivity contribution in [2.75, 3.05) is 4.90 Å². The van der Waals surface area contributed by atoms with Crippen LogP contribution >= 0.6 is 0 Å². The molecule has 0 saturated carbocycles. The Balaban J connectivity index is 2.76. The van der Waals surface area contributed by atoms with Gasteiger partial charge in [0, 0.05) is 5.56 Å². The zero-order chi connectivity index (χ0) is 34.9. The van der Waals surface area contributed by atoms with Crippen molar-refractivity contribution in [1.82, 2.24) is 4.90 Å². The van der Waals surface area contributed by atoms with Crippen LogP contribution in [0.5, 0.6) is 0 Å². The Morgan fingerprint density at radius 1 is 0.711 bits per heavy atom. The Hall–Kier alpha value is -4.16. The number of amides is 4. The highest BCUT2D eigenvalue weighted by Gasteiger charge is 2.42. The van der Waals surface area contributed by atoms with Crippen LogP contribution in [0.4, 0.5) is 29.3 Å². The van der Waals surface area contributed by atoms with Crippen molar-refractivity contribution >= 4 is 36.1 Å². The lowest BCUT2D eigenvalue weighted by Gasteiger charge is -2.34. The quantitative estimate of drug-likeness (QED) is 0.295. The van der Waals surface area contributed by atoms with Crippen LogP contribution in [0.1, 0.15) is 102 Å². The lowest BCUT2D eigenvalue weighted by Crippen LogP contribution is -2.49. The fourth-order valence-corrected chi connectivity index (χ4v) is 3.84. The molecule has 0 radical (unpaired) electrons. The van der Waals surface area contributed by atoms with E-state index in [1.54, 1.807) is 83.1 Å².